The molecular formula is C24H29N3O6. The molecule has 2 aliphatic rings. The number of carbonyl (C=O) groups excluding carboxylic acids is 2. The number of nitrogens with zero attached hydrogens (tertiary/aromatic N) is 1. The molecule has 0 atom stereocenters. The second kappa shape index (κ2) is 10.4. The largest absolute Gasteiger partial charge is 0.497 e. The van der Waals surface area contributed by atoms with Crippen molar-refractivity contribution in [1.82, 2.24) is 10.2 Å². The standard InChI is InChI=1S/C24H29N3O6/c1-30-18-4-5-19(21(12-18)31-2)26-23(28)14-27-9-7-17(8-10-27)24(29)25-13-16-3-6-20-22(11-16)33-15-32-20/h3-6,11-12,17H,7-10,13-15H2,1-2H3,(H,25,29)(H,26,28). The van der Waals surface area contributed by atoms with Gasteiger partial charge in [-0.15, -0.1) is 0 Å². The third-order valence-corrected chi connectivity index (χ3v) is 5.91. The fourth-order valence-corrected chi connectivity index (χ4v) is 4.03. The smallest absolute Gasteiger partial charge is 0.238 e. The molecule has 2 aliphatic heterocycles. The van der Waals surface area contributed by atoms with Gasteiger partial charge < -0.3 is 29.6 Å². The Labute approximate surface area is 192 Å². The first-order valence-corrected chi connectivity index (χ1v) is 11.0. The normalized spacial score (nSPS) is 15.7. The van der Waals surface area contributed by atoms with Crippen LogP contribution in [0.2, 0.25) is 0 Å². The van der Waals surface area contributed by atoms with Crippen LogP contribution in [0.25, 0.3) is 0 Å². The maximum absolute atomic E-state index is 12.6. The number of amides is 2. The molecule has 0 bridgehead atoms. The van der Waals surface area contributed by atoms with E-state index in [1.54, 1.807) is 32.4 Å². The van der Waals surface area contributed by atoms with Gasteiger partial charge in [0.05, 0.1) is 26.5 Å². The molecule has 1 fully saturated rings. The van der Waals surface area contributed by atoms with Crippen LogP contribution in [-0.2, 0) is 16.1 Å². The quantitative estimate of drug-likeness (QED) is 0.631. The third-order valence-electron chi connectivity index (χ3n) is 5.91. The lowest BCUT2D eigenvalue weighted by atomic mass is 9.96. The van der Waals surface area contributed by atoms with Gasteiger partial charge in [-0.1, -0.05) is 6.07 Å². The number of methoxy groups -OCH3 is 2. The Morgan fingerprint density at radius 2 is 1.82 bits per heavy atom. The highest BCUT2D eigenvalue weighted by atomic mass is 16.7. The van der Waals surface area contributed by atoms with Crippen molar-refractivity contribution in [2.75, 3.05) is 46.0 Å². The highest BCUT2D eigenvalue weighted by molar-refractivity contribution is 5.93. The van der Waals surface area contributed by atoms with Crippen molar-refractivity contribution >= 4 is 17.5 Å². The lowest BCUT2D eigenvalue weighted by molar-refractivity contribution is -0.126. The number of hydrogen-bond acceptors (Lipinski definition) is 7. The fraction of sp³-hybridized carbons (Fsp3) is 0.417. The van der Waals surface area contributed by atoms with Gasteiger partial charge in [0.25, 0.3) is 0 Å². The number of fused-ring (bicyclic) bond motifs is 1. The van der Waals surface area contributed by atoms with E-state index in [4.69, 9.17) is 18.9 Å². The molecule has 1 saturated heterocycles. The first-order chi connectivity index (χ1) is 16.1. The molecule has 2 aromatic rings. The topological polar surface area (TPSA) is 98.4 Å². The zero-order valence-electron chi connectivity index (χ0n) is 18.9. The number of ether oxygens (including phenoxy) is 4. The summed E-state index contributed by atoms with van der Waals surface area (Å²) >= 11 is 0. The number of hydrogen-bond donors (Lipinski definition) is 2. The molecular weight excluding hydrogens is 426 g/mol. The monoisotopic (exact) mass is 455 g/mol. The average molecular weight is 456 g/mol. The van der Waals surface area contributed by atoms with Gasteiger partial charge in [0.1, 0.15) is 11.5 Å². The summed E-state index contributed by atoms with van der Waals surface area (Å²) in [6, 6.07) is 10.9. The molecule has 33 heavy (non-hydrogen) atoms. The van der Waals surface area contributed by atoms with Crippen LogP contribution in [0.3, 0.4) is 0 Å². The van der Waals surface area contributed by atoms with Gasteiger partial charge in [0.2, 0.25) is 18.6 Å². The van der Waals surface area contributed by atoms with Crippen molar-refractivity contribution in [1.29, 1.82) is 0 Å². The van der Waals surface area contributed by atoms with Crippen LogP contribution in [0.5, 0.6) is 23.0 Å². The molecule has 0 saturated carbocycles. The first kappa shape index (κ1) is 22.7. The first-order valence-electron chi connectivity index (χ1n) is 11.0. The Hall–Kier alpha value is -3.46. The van der Waals surface area contributed by atoms with E-state index in [0.29, 0.717) is 55.4 Å². The zero-order chi connectivity index (χ0) is 23.2. The molecule has 0 unspecified atom stereocenters. The van der Waals surface area contributed by atoms with E-state index >= 15 is 0 Å². The molecule has 2 N–H and O–H groups in total. The number of benzene rings is 2. The highest BCUT2D eigenvalue weighted by Gasteiger charge is 2.26. The Balaban J connectivity index is 1.21. The second-order valence-corrected chi connectivity index (χ2v) is 8.07. The maximum atomic E-state index is 12.6. The summed E-state index contributed by atoms with van der Waals surface area (Å²) < 4.78 is 21.2. The van der Waals surface area contributed by atoms with E-state index < -0.39 is 0 Å². The highest BCUT2D eigenvalue weighted by Crippen LogP contribution is 2.32. The van der Waals surface area contributed by atoms with Gasteiger partial charge in [-0.05, 0) is 55.8 Å². The molecule has 176 valence electrons. The number of rotatable bonds is 8. The number of piperidine rings is 1. The summed E-state index contributed by atoms with van der Waals surface area (Å²) in [4.78, 5) is 27.2. The van der Waals surface area contributed by atoms with Gasteiger partial charge in [-0.2, -0.15) is 0 Å². The summed E-state index contributed by atoms with van der Waals surface area (Å²) in [5, 5.41) is 5.90. The molecule has 0 aliphatic carbocycles. The summed E-state index contributed by atoms with van der Waals surface area (Å²) in [5.74, 6) is 2.50. The van der Waals surface area contributed by atoms with E-state index in [1.165, 1.54) is 0 Å². The molecule has 2 heterocycles. The van der Waals surface area contributed by atoms with Crippen molar-refractivity contribution in [3.05, 3.63) is 42.0 Å². The van der Waals surface area contributed by atoms with Gasteiger partial charge in [-0.3, -0.25) is 14.5 Å². The summed E-state index contributed by atoms with van der Waals surface area (Å²) in [6.45, 7) is 2.32. The molecule has 0 aromatic heterocycles. The van der Waals surface area contributed by atoms with Gasteiger partial charge >= 0.3 is 0 Å². The molecule has 4 rings (SSSR count). The minimum absolute atomic E-state index is 0.0414. The molecule has 9 heteroatoms. The number of likely N-dealkylation sites (tertiary alicyclic amines) is 1. The number of anilines is 1. The summed E-state index contributed by atoms with van der Waals surface area (Å²) in [7, 11) is 3.13. The molecule has 2 aromatic carbocycles. The predicted octanol–water partition coefficient (Wildman–Crippen LogP) is 2.40. The predicted molar refractivity (Wildman–Crippen MR) is 122 cm³/mol. The van der Waals surface area contributed by atoms with Crippen molar-refractivity contribution in [2.45, 2.75) is 19.4 Å². The minimum atomic E-state index is -0.121. The van der Waals surface area contributed by atoms with E-state index in [0.717, 1.165) is 11.3 Å². The van der Waals surface area contributed by atoms with E-state index in [-0.39, 0.29) is 31.1 Å². The Morgan fingerprint density at radius 3 is 2.58 bits per heavy atom. The van der Waals surface area contributed by atoms with Gasteiger partial charge in [-0.25, -0.2) is 0 Å². The minimum Gasteiger partial charge on any atom is -0.497 e. The SMILES string of the molecule is COc1ccc(NC(=O)CN2CCC(C(=O)NCc3ccc4c(c3)OCO4)CC2)c(OC)c1. The lowest BCUT2D eigenvalue weighted by Crippen LogP contribution is -2.43. The second-order valence-electron chi connectivity index (χ2n) is 8.07. The number of nitrogens with one attached hydrogen (secondary N) is 2. The fourth-order valence-electron chi connectivity index (χ4n) is 4.03. The van der Waals surface area contributed by atoms with Crippen LogP contribution < -0.4 is 29.6 Å². The Bertz CT molecular complexity index is 1000. The lowest BCUT2D eigenvalue weighted by Gasteiger charge is -2.30. The summed E-state index contributed by atoms with van der Waals surface area (Å²) in [5.41, 5.74) is 1.57. The van der Waals surface area contributed by atoms with Crippen LogP contribution in [0.15, 0.2) is 36.4 Å². The van der Waals surface area contributed by atoms with E-state index in [2.05, 4.69) is 15.5 Å². The van der Waals surface area contributed by atoms with Crippen molar-refractivity contribution < 1.29 is 28.5 Å². The zero-order valence-corrected chi connectivity index (χ0v) is 18.9. The van der Waals surface area contributed by atoms with Crippen LogP contribution in [0.1, 0.15) is 18.4 Å². The van der Waals surface area contributed by atoms with Gasteiger partial charge in [0, 0.05) is 18.5 Å². The van der Waals surface area contributed by atoms with Crippen LogP contribution in [0.4, 0.5) is 5.69 Å². The maximum Gasteiger partial charge on any atom is 0.238 e. The number of carbonyl (C=O) groups is 2. The van der Waals surface area contributed by atoms with Crippen LogP contribution in [0, 0.1) is 5.92 Å². The molecule has 0 radical (unpaired) electrons. The van der Waals surface area contributed by atoms with Crippen molar-refractivity contribution in [3.63, 3.8) is 0 Å². The molecule has 9 nitrogen and oxygen atoms in total. The summed E-state index contributed by atoms with van der Waals surface area (Å²) in [6.07, 6.45) is 1.43. The molecule has 0 spiro atoms. The van der Waals surface area contributed by atoms with Crippen molar-refractivity contribution in [3.8, 4) is 23.0 Å². The van der Waals surface area contributed by atoms with E-state index in [9.17, 15) is 9.59 Å². The Kier molecular flexibility index (Phi) is 7.19. The van der Waals surface area contributed by atoms with Crippen LogP contribution in [-0.4, -0.2) is 57.4 Å². The third kappa shape index (κ3) is 5.67. The van der Waals surface area contributed by atoms with Gasteiger partial charge in [0.15, 0.2) is 11.5 Å². The van der Waals surface area contributed by atoms with E-state index in [1.807, 2.05) is 18.2 Å². The Morgan fingerprint density at radius 1 is 1.03 bits per heavy atom. The van der Waals surface area contributed by atoms with Crippen molar-refractivity contribution in [2.24, 2.45) is 5.92 Å². The van der Waals surface area contributed by atoms with Crippen LogP contribution >= 0.6 is 0 Å². The molecule has 2 amide bonds. The average Bonchev–Trinajstić information content (AvgIpc) is 3.31.